The second-order valence-corrected chi connectivity index (χ2v) is 8.01. The molecule has 0 aliphatic carbocycles. The van der Waals surface area contributed by atoms with E-state index in [4.69, 9.17) is 4.74 Å². The van der Waals surface area contributed by atoms with Crippen LogP contribution in [0.2, 0.25) is 0 Å². The summed E-state index contributed by atoms with van der Waals surface area (Å²) >= 11 is 3.43. The largest absolute Gasteiger partial charge is 0.444 e. The van der Waals surface area contributed by atoms with E-state index < -0.39 is 5.60 Å². The number of rotatable bonds is 3. The number of likely N-dealkylation sites (tertiary alicyclic amines) is 1. The van der Waals surface area contributed by atoms with Crippen molar-refractivity contribution in [1.82, 2.24) is 4.90 Å². The molecule has 1 aromatic carbocycles. The lowest BCUT2D eigenvalue weighted by Crippen LogP contribution is -2.41. The Balaban J connectivity index is 2.27. The molecule has 1 amide bonds. The van der Waals surface area contributed by atoms with E-state index >= 15 is 0 Å². The smallest absolute Gasteiger partial charge is 0.411 e. The molecule has 0 saturated carbocycles. The van der Waals surface area contributed by atoms with Gasteiger partial charge in [0.25, 0.3) is 0 Å². The summed E-state index contributed by atoms with van der Waals surface area (Å²) < 4.78 is 6.58. The number of Topliss-reactive ketones (excluding diaryl/α,β-unsaturated/α-hetero) is 1. The molecule has 0 bridgehead atoms. The highest BCUT2D eigenvalue weighted by Gasteiger charge is 2.40. The standard InChI is InChI=1S/C18H24BrNO3/c1-12(21)11-15-9-10-16(13-5-7-14(19)8-6-13)20(15)17(22)23-18(2,3)4/h5-8,15-16H,9-11H2,1-4H3/t15-,16-/m1/s1. The molecule has 1 saturated heterocycles. The van der Waals surface area contributed by atoms with Crippen LogP contribution < -0.4 is 0 Å². The maximum absolute atomic E-state index is 12.7. The van der Waals surface area contributed by atoms with Gasteiger partial charge in [0.05, 0.1) is 6.04 Å². The molecule has 1 aromatic rings. The highest BCUT2D eigenvalue weighted by Crippen LogP contribution is 2.38. The van der Waals surface area contributed by atoms with Crippen LogP contribution in [0.3, 0.4) is 0 Å². The fourth-order valence-corrected chi connectivity index (χ4v) is 3.28. The first-order valence-electron chi connectivity index (χ1n) is 7.93. The monoisotopic (exact) mass is 381 g/mol. The highest BCUT2D eigenvalue weighted by molar-refractivity contribution is 9.10. The van der Waals surface area contributed by atoms with Crippen molar-refractivity contribution in [1.29, 1.82) is 0 Å². The Morgan fingerprint density at radius 3 is 2.35 bits per heavy atom. The lowest BCUT2D eigenvalue weighted by Gasteiger charge is -2.32. The summed E-state index contributed by atoms with van der Waals surface area (Å²) in [5.41, 5.74) is 0.523. The van der Waals surface area contributed by atoms with Crippen molar-refractivity contribution in [2.75, 3.05) is 0 Å². The third-order valence-electron chi connectivity index (χ3n) is 3.88. The van der Waals surface area contributed by atoms with E-state index in [1.807, 2.05) is 45.0 Å². The molecule has 23 heavy (non-hydrogen) atoms. The molecule has 0 unspecified atom stereocenters. The predicted octanol–water partition coefficient (Wildman–Crippen LogP) is 4.87. The first kappa shape index (κ1) is 18.0. The maximum atomic E-state index is 12.7. The van der Waals surface area contributed by atoms with Gasteiger partial charge in [-0.3, -0.25) is 9.69 Å². The number of ketones is 1. The van der Waals surface area contributed by atoms with Crippen LogP contribution in [0.5, 0.6) is 0 Å². The molecule has 126 valence electrons. The molecule has 4 nitrogen and oxygen atoms in total. The molecule has 0 N–H and O–H groups in total. The van der Waals surface area contributed by atoms with E-state index in [0.29, 0.717) is 6.42 Å². The van der Waals surface area contributed by atoms with Gasteiger partial charge in [-0.2, -0.15) is 0 Å². The number of amides is 1. The molecule has 1 aliphatic heterocycles. The second-order valence-electron chi connectivity index (χ2n) is 7.09. The summed E-state index contributed by atoms with van der Waals surface area (Å²) in [6.07, 6.45) is 1.71. The van der Waals surface area contributed by atoms with Crippen LogP contribution in [0, 0.1) is 0 Å². The first-order chi connectivity index (χ1) is 10.7. The molecule has 0 aromatic heterocycles. The summed E-state index contributed by atoms with van der Waals surface area (Å²) in [6, 6.07) is 7.85. The number of hydrogen-bond acceptors (Lipinski definition) is 3. The first-order valence-corrected chi connectivity index (χ1v) is 8.73. The molecule has 0 radical (unpaired) electrons. The van der Waals surface area contributed by atoms with Crippen molar-refractivity contribution in [2.24, 2.45) is 0 Å². The Hall–Kier alpha value is -1.36. The van der Waals surface area contributed by atoms with E-state index in [9.17, 15) is 9.59 Å². The summed E-state index contributed by atoms with van der Waals surface area (Å²) in [5.74, 6) is 0.0972. The molecule has 5 heteroatoms. The number of nitrogens with zero attached hydrogens (tertiary/aromatic N) is 1. The maximum Gasteiger partial charge on any atom is 0.411 e. The zero-order chi connectivity index (χ0) is 17.2. The molecule has 1 heterocycles. The topological polar surface area (TPSA) is 46.6 Å². The minimum absolute atomic E-state index is 0.0395. The van der Waals surface area contributed by atoms with Gasteiger partial charge in [0, 0.05) is 16.9 Å². The van der Waals surface area contributed by atoms with Crippen molar-refractivity contribution in [3.63, 3.8) is 0 Å². The van der Waals surface area contributed by atoms with Crippen LogP contribution in [-0.4, -0.2) is 28.4 Å². The Kier molecular flexibility index (Phi) is 5.50. The molecular formula is C18H24BrNO3. The Bertz CT molecular complexity index is 577. The molecule has 2 rings (SSSR count). The van der Waals surface area contributed by atoms with Crippen molar-refractivity contribution < 1.29 is 14.3 Å². The van der Waals surface area contributed by atoms with Crippen molar-refractivity contribution >= 4 is 27.8 Å². The Morgan fingerprint density at radius 1 is 1.22 bits per heavy atom. The van der Waals surface area contributed by atoms with E-state index in [-0.39, 0.29) is 24.0 Å². The predicted molar refractivity (Wildman–Crippen MR) is 93.3 cm³/mol. The van der Waals surface area contributed by atoms with Crippen LogP contribution in [-0.2, 0) is 9.53 Å². The van der Waals surface area contributed by atoms with Gasteiger partial charge < -0.3 is 4.74 Å². The minimum atomic E-state index is -0.551. The molecule has 1 aliphatic rings. The number of hydrogen-bond donors (Lipinski definition) is 0. The summed E-state index contributed by atoms with van der Waals surface area (Å²) in [6.45, 7) is 7.14. The molecular weight excluding hydrogens is 358 g/mol. The third-order valence-corrected chi connectivity index (χ3v) is 4.41. The van der Waals surface area contributed by atoms with E-state index in [1.54, 1.807) is 11.8 Å². The van der Waals surface area contributed by atoms with Gasteiger partial charge in [0.15, 0.2) is 0 Å². The fraction of sp³-hybridized carbons (Fsp3) is 0.556. The van der Waals surface area contributed by atoms with Crippen molar-refractivity contribution in [3.8, 4) is 0 Å². The molecule has 0 spiro atoms. The van der Waals surface area contributed by atoms with Gasteiger partial charge >= 0.3 is 6.09 Å². The number of benzene rings is 1. The van der Waals surface area contributed by atoms with Gasteiger partial charge in [-0.1, -0.05) is 28.1 Å². The van der Waals surface area contributed by atoms with E-state index in [1.165, 1.54) is 0 Å². The van der Waals surface area contributed by atoms with Gasteiger partial charge in [0.2, 0.25) is 0 Å². The summed E-state index contributed by atoms with van der Waals surface area (Å²) in [4.78, 5) is 26.0. The highest BCUT2D eigenvalue weighted by atomic mass is 79.9. The van der Waals surface area contributed by atoms with E-state index in [2.05, 4.69) is 15.9 Å². The van der Waals surface area contributed by atoms with Crippen LogP contribution in [0.4, 0.5) is 4.79 Å². The van der Waals surface area contributed by atoms with E-state index in [0.717, 1.165) is 22.9 Å². The average molecular weight is 382 g/mol. The zero-order valence-corrected chi connectivity index (χ0v) is 15.7. The summed E-state index contributed by atoms with van der Waals surface area (Å²) in [5, 5.41) is 0. The quantitative estimate of drug-likeness (QED) is 0.750. The minimum Gasteiger partial charge on any atom is -0.444 e. The van der Waals surface area contributed by atoms with Crippen LogP contribution in [0.1, 0.15) is 58.6 Å². The van der Waals surface area contributed by atoms with Crippen LogP contribution in [0.25, 0.3) is 0 Å². The SMILES string of the molecule is CC(=O)C[C@H]1CC[C@H](c2ccc(Br)cc2)N1C(=O)OC(C)(C)C. The Labute approximate surface area is 146 Å². The number of halogens is 1. The van der Waals surface area contributed by atoms with Gasteiger partial charge in [-0.25, -0.2) is 4.79 Å². The van der Waals surface area contributed by atoms with Gasteiger partial charge in [-0.15, -0.1) is 0 Å². The lowest BCUT2D eigenvalue weighted by atomic mass is 10.0. The number of carbonyl (C=O) groups is 2. The van der Waals surface area contributed by atoms with Crippen molar-refractivity contribution in [2.45, 2.75) is 64.6 Å². The normalized spacial score (nSPS) is 21.3. The van der Waals surface area contributed by atoms with Crippen molar-refractivity contribution in [3.05, 3.63) is 34.3 Å². The third kappa shape index (κ3) is 4.80. The van der Waals surface area contributed by atoms with Gasteiger partial charge in [-0.05, 0) is 58.2 Å². The second kappa shape index (κ2) is 7.04. The zero-order valence-electron chi connectivity index (χ0n) is 14.1. The fourth-order valence-electron chi connectivity index (χ4n) is 3.02. The van der Waals surface area contributed by atoms with Crippen LogP contribution >= 0.6 is 15.9 Å². The summed E-state index contributed by atoms with van der Waals surface area (Å²) in [7, 11) is 0. The van der Waals surface area contributed by atoms with Gasteiger partial charge in [0.1, 0.15) is 11.4 Å². The van der Waals surface area contributed by atoms with Crippen LogP contribution in [0.15, 0.2) is 28.7 Å². The molecule has 2 atom stereocenters. The average Bonchev–Trinajstić information content (AvgIpc) is 2.80. The number of ether oxygens (including phenoxy) is 1. The number of carbonyl (C=O) groups excluding carboxylic acids is 2. The Morgan fingerprint density at radius 2 is 1.83 bits per heavy atom. The molecule has 1 fully saturated rings. The lowest BCUT2D eigenvalue weighted by molar-refractivity contribution is -0.118.